The van der Waals surface area contributed by atoms with Crippen molar-refractivity contribution in [1.29, 1.82) is 0 Å². The molecule has 0 amide bonds. The quantitative estimate of drug-likeness (QED) is 0.620. The Balaban J connectivity index is 1.50. The van der Waals surface area contributed by atoms with Crippen molar-refractivity contribution in [3.05, 3.63) is 83.2 Å². The monoisotopic (exact) mass is 462 g/mol. The first-order valence-electron chi connectivity index (χ1n) is 11.3. The van der Waals surface area contributed by atoms with Crippen LogP contribution in [0.3, 0.4) is 0 Å². The van der Waals surface area contributed by atoms with E-state index < -0.39 is 5.54 Å². The van der Waals surface area contributed by atoms with E-state index in [0.717, 1.165) is 33.8 Å². The normalized spacial score (nSPS) is 21.4. The predicted octanol–water partition coefficient (Wildman–Crippen LogP) is 4.04. The molecule has 34 heavy (non-hydrogen) atoms. The number of benzene rings is 2. The second-order valence-corrected chi connectivity index (χ2v) is 8.55. The third kappa shape index (κ3) is 3.89. The first kappa shape index (κ1) is 22.3. The first-order chi connectivity index (χ1) is 16.5. The fourth-order valence-corrected chi connectivity index (χ4v) is 4.64. The zero-order valence-electron chi connectivity index (χ0n) is 19.2. The molecule has 1 N–H and O–H groups in total. The number of imidazole rings is 1. The van der Waals surface area contributed by atoms with Gasteiger partial charge in [-0.05, 0) is 60.4 Å². The number of hydroxylamine groups is 2. The van der Waals surface area contributed by atoms with Crippen molar-refractivity contribution in [2.75, 3.05) is 26.9 Å². The minimum Gasteiger partial charge on any atom is -0.495 e. The molecule has 0 radical (unpaired) electrons. The van der Waals surface area contributed by atoms with Gasteiger partial charge >= 0.3 is 0 Å². The number of aliphatic imine (C=N–C) groups is 1. The molecule has 176 valence electrons. The molecule has 1 unspecified atom stereocenters. The number of rotatable bonds is 5. The van der Waals surface area contributed by atoms with Crippen LogP contribution in [0.4, 0.5) is 4.39 Å². The second kappa shape index (κ2) is 9.04. The van der Waals surface area contributed by atoms with Gasteiger partial charge in [-0.25, -0.2) is 14.4 Å². The third-order valence-electron chi connectivity index (χ3n) is 6.42. The number of methoxy groups -OCH3 is 1. The van der Waals surface area contributed by atoms with Gasteiger partial charge in [-0.2, -0.15) is 0 Å². The highest BCUT2D eigenvalue weighted by Crippen LogP contribution is 2.39. The van der Waals surface area contributed by atoms with Crippen LogP contribution in [-0.2, 0) is 10.4 Å². The number of fused-ring (bicyclic) bond motifs is 1. The van der Waals surface area contributed by atoms with E-state index >= 15 is 0 Å². The number of nitrogens with zero attached hydrogens (tertiary/aromatic N) is 4. The van der Waals surface area contributed by atoms with Gasteiger partial charge in [-0.1, -0.05) is 18.2 Å². The lowest BCUT2D eigenvalue weighted by Crippen LogP contribution is -2.56. The molecule has 1 fully saturated rings. The van der Waals surface area contributed by atoms with Crippen LogP contribution in [-0.4, -0.2) is 52.4 Å². The highest BCUT2D eigenvalue weighted by Gasteiger charge is 2.45. The van der Waals surface area contributed by atoms with E-state index in [1.165, 1.54) is 12.1 Å². The maximum absolute atomic E-state index is 13.6. The first-order valence-corrected chi connectivity index (χ1v) is 11.3. The minimum absolute atomic E-state index is 0.169. The molecule has 3 heterocycles. The number of halogens is 1. The SMILES string of the molecule is COc1cc(/C=C2/CCON3C2=NCCC3(CO)c2ccc(F)cc2)ccc1-n1cnc(C)c1. The van der Waals surface area contributed by atoms with Crippen LogP contribution in [0.1, 0.15) is 29.7 Å². The maximum atomic E-state index is 13.6. The van der Waals surface area contributed by atoms with E-state index in [-0.39, 0.29) is 12.4 Å². The van der Waals surface area contributed by atoms with Crippen molar-refractivity contribution >= 4 is 11.9 Å². The molecule has 1 saturated heterocycles. The van der Waals surface area contributed by atoms with Gasteiger partial charge in [0, 0.05) is 19.2 Å². The molecule has 0 bridgehead atoms. The molecule has 2 aromatic carbocycles. The summed E-state index contributed by atoms with van der Waals surface area (Å²) in [5, 5.41) is 12.2. The summed E-state index contributed by atoms with van der Waals surface area (Å²) in [4.78, 5) is 15.1. The fraction of sp³-hybridized carbons (Fsp3) is 0.308. The highest BCUT2D eigenvalue weighted by atomic mass is 19.1. The van der Waals surface area contributed by atoms with Crippen LogP contribution in [0.25, 0.3) is 11.8 Å². The number of aliphatic hydroxyl groups excluding tert-OH is 1. The number of ether oxygens (including phenoxy) is 1. The Morgan fingerprint density at radius 2 is 2.06 bits per heavy atom. The summed E-state index contributed by atoms with van der Waals surface area (Å²) < 4.78 is 21.2. The predicted molar refractivity (Wildman–Crippen MR) is 127 cm³/mol. The van der Waals surface area contributed by atoms with E-state index in [1.54, 1.807) is 30.6 Å². The van der Waals surface area contributed by atoms with Crippen LogP contribution < -0.4 is 4.74 Å². The summed E-state index contributed by atoms with van der Waals surface area (Å²) >= 11 is 0. The summed E-state index contributed by atoms with van der Waals surface area (Å²) in [6, 6.07) is 12.3. The van der Waals surface area contributed by atoms with Gasteiger partial charge in [-0.3, -0.25) is 9.83 Å². The minimum atomic E-state index is -0.814. The number of amidine groups is 1. The maximum Gasteiger partial charge on any atom is 0.152 e. The fourth-order valence-electron chi connectivity index (χ4n) is 4.64. The standard InChI is InChI=1S/C26H27FN4O3/c1-18-15-30(17-29-18)23-8-3-19(14-24(23)33-2)13-20-9-12-34-31-25(20)28-11-10-26(31,16-32)21-4-6-22(27)7-5-21/h3-8,13-15,17,32H,9-12,16H2,1-2H3/b20-13-. The van der Waals surface area contributed by atoms with Gasteiger partial charge in [0.05, 0.1) is 38.0 Å². The zero-order chi connectivity index (χ0) is 23.7. The molecule has 0 spiro atoms. The van der Waals surface area contributed by atoms with Crippen molar-refractivity contribution in [3.63, 3.8) is 0 Å². The van der Waals surface area contributed by atoms with E-state index in [0.29, 0.717) is 31.8 Å². The van der Waals surface area contributed by atoms with Crippen molar-refractivity contribution in [2.45, 2.75) is 25.3 Å². The molecule has 3 aromatic rings. The molecule has 1 atom stereocenters. The van der Waals surface area contributed by atoms with Crippen LogP contribution in [0.5, 0.6) is 5.75 Å². The smallest absolute Gasteiger partial charge is 0.152 e. The van der Waals surface area contributed by atoms with Crippen molar-refractivity contribution in [3.8, 4) is 11.4 Å². The van der Waals surface area contributed by atoms with Crippen LogP contribution in [0, 0.1) is 12.7 Å². The molecular weight excluding hydrogens is 435 g/mol. The van der Waals surface area contributed by atoms with Gasteiger partial charge < -0.3 is 14.4 Å². The molecule has 8 heteroatoms. The molecule has 5 rings (SSSR count). The van der Waals surface area contributed by atoms with Crippen molar-refractivity contribution in [1.82, 2.24) is 14.6 Å². The van der Waals surface area contributed by atoms with Crippen LogP contribution in [0.15, 0.2) is 65.6 Å². The lowest BCUT2D eigenvalue weighted by Gasteiger charge is -2.48. The largest absolute Gasteiger partial charge is 0.495 e. The summed E-state index contributed by atoms with van der Waals surface area (Å²) in [6.07, 6.45) is 7.05. The van der Waals surface area contributed by atoms with Gasteiger partial charge in [-0.15, -0.1) is 0 Å². The van der Waals surface area contributed by atoms with Crippen LogP contribution in [0.2, 0.25) is 0 Å². The summed E-state index contributed by atoms with van der Waals surface area (Å²) in [5.41, 5.74) is 3.80. The topological polar surface area (TPSA) is 72.1 Å². The molecule has 7 nitrogen and oxygen atoms in total. The summed E-state index contributed by atoms with van der Waals surface area (Å²) in [6.45, 7) is 2.77. The molecule has 0 saturated carbocycles. The Labute approximate surface area is 197 Å². The highest BCUT2D eigenvalue weighted by molar-refractivity contribution is 6.03. The number of aliphatic hydroxyl groups is 1. The number of hydrogen-bond acceptors (Lipinski definition) is 6. The summed E-state index contributed by atoms with van der Waals surface area (Å²) in [5.74, 6) is 1.12. The number of aryl methyl sites for hydroxylation is 1. The molecule has 2 aliphatic rings. The van der Waals surface area contributed by atoms with Crippen LogP contribution >= 0.6 is 0 Å². The Morgan fingerprint density at radius 1 is 1.24 bits per heavy atom. The Hall–Kier alpha value is -3.49. The van der Waals surface area contributed by atoms with Crippen molar-refractivity contribution in [2.24, 2.45) is 4.99 Å². The van der Waals surface area contributed by atoms with E-state index in [4.69, 9.17) is 14.6 Å². The third-order valence-corrected chi connectivity index (χ3v) is 6.42. The molecule has 2 aliphatic heterocycles. The average Bonchev–Trinajstić information content (AvgIpc) is 3.30. The second-order valence-electron chi connectivity index (χ2n) is 8.55. The Kier molecular flexibility index (Phi) is 5.93. The molecule has 0 aliphatic carbocycles. The van der Waals surface area contributed by atoms with Gasteiger partial charge in [0.25, 0.3) is 0 Å². The average molecular weight is 463 g/mol. The van der Waals surface area contributed by atoms with E-state index in [1.807, 2.05) is 35.9 Å². The molecule has 1 aromatic heterocycles. The van der Waals surface area contributed by atoms with Gasteiger partial charge in [0.1, 0.15) is 17.1 Å². The lowest BCUT2D eigenvalue weighted by atomic mass is 9.84. The molecular formula is C26H27FN4O3. The van der Waals surface area contributed by atoms with E-state index in [9.17, 15) is 9.50 Å². The lowest BCUT2D eigenvalue weighted by molar-refractivity contribution is -0.194. The number of aromatic nitrogens is 2. The van der Waals surface area contributed by atoms with Gasteiger partial charge in [0.15, 0.2) is 5.84 Å². The summed E-state index contributed by atoms with van der Waals surface area (Å²) in [7, 11) is 1.65. The Bertz CT molecular complexity index is 1250. The Morgan fingerprint density at radius 3 is 2.76 bits per heavy atom. The van der Waals surface area contributed by atoms with Gasteiger partial charge in [0.2, 0.25) is 0 Å². The van der Waals surface area contributed by atoms with E-state index in [2.05, 4.69) is 11.1 Å². The number of hydrogen-bond donors (Lipinski definition) is 1. The zero-order valence-corrected chi connectivity index (χ0v) is 19.2. The van der Waals surface area contributed by atoms with Crippen molar-refractivity contribution < 1.29 is 19.1 Å².